The van der Waals surface area contributed by atoms with Crippen molar-refractivity contribution < 1.29 is 9.18 Å². The second-order valence-corrected chi connectivity index (χ2v) is 5.63. The number of ketones is 1. The molecule has 1 aromatic heterocycles. The zero-order valence-electron chi connectivity index (χ0n) is 10.8. The number of thiophene rings is 1. The highest BCUT2D eigenvalue weighted by atomic mass is 32.1. The molecule has 19 heavy (non-hydrogen) atoms. The molecule has 1 aromatic carbocycles. The lowest BCUT2D eigenvalue weighted by Gasteiger charge is -2.14. The molecule has 100 valence electrons. The lowest BCUT2D eigenvalue weighted by Crippen LogP contribution is -2.26. The Labute approximate surface area is 116 Å². The summed E-state index contributed by atoms with van der Waals surface area (Å²) in [5, 5.41) is 2.03. The molecule has 0 amide bonds. The Balaban J connectivity index is 1.82. The minimum Gasteiger partial charge on any atom is -0.298 e. The Hall–Kier alpha value is -1.52. The molecule has 2 nitrogen and oxygen atoms in total. The Morgan fingerprint density at radius 2 is 2.00 bits per heavy atom. The molecule has 0 bridgehead atoms. The Morgan fingerprint density at radius 1 is 1.26 bits per heavy atom. The largest absolute Gasteiger partial charge is 0.298 e. The molecule has 0 aliphatic carbocycles. The summed E-state index contributed by atoms with van der Waals surface area (Å²) in [7, 11) is 1.93. The Bertz CT molecular complexity index is 522. The van der Waals surface area contributed by atoms with Crippen LogP contribution in [0, 0.1) is 5.82 Å². The maximum Gasteiger partial charge on any atom is 0.151 e. The van der Waals surface area contributed by atoms with Crippen LogP contribution >= 0.6 is 11.3 Å². The van der Waals surface area contributed by atoms with E-state index in [2.05, 4.69) is 6.07 Å². The summed E-state index contributed by atoms with van der Waals surface area (Å²) >= 11 is 1.69. The lowest BCUT2D eigenvalue weighted by atomic mass is 10.1. The van der Waals surface area contributed by atoms with Gasteiger partial charge in [0.05, 0.1) is 6.54 Å². The van der Waals surface area contributed by atoms with E-state index in [1.807, 2.05) is 23.4 Å². The highest BCUT2D eigenvalue weighted by Crippen LogP contribution is 2.11. The fourth-order valence-electron chi connectivity index (χ4n) is 1.91. The number of Topliss-reactive ketones (excluding diaryl/α,β-unsaturated/α-hetero) is 1. The summed E-state index contributed by atoms with van der Waals surface area (Å²) in [6.07, 6.45) is 0.356. The normalized spacial score (nSPS) is 10.9. The first-order valence-electron chi connectivity index (χ1n) is 6.10. The Morgan fingerprint density at radius 3 is 2.63 bits per heavy atom. The van der Waals surface area contributed by atoms with Crippen LogP contribution < -0.4 is 0 Å². The fourth-order valence-corrected chi connectivity index (χ4v) is 2.70. The molecule has 1 heterocycles. The van der Waals surface area contributed by atoms with Crippen molar-refractivity contribution in [3.05, 3.63) is 58.0 Å². The minimum atomic E-state index is -0.272. The summed E-state index contributed by atoms with van der Waals surface area (Å²) in [6, 6.07) is 10.2. The number of nitrogens with zero attached hydrogens (tertiary/aromatic N) is 1. The number of rotatable bonds is 6. The van der Waals surface area contributed by atoms with Crippen LogP contribution in [0.25, 0.3) is 0 Å². The van der Waals surface area contributed by atoms with E-state index < -0.39 is 0 Å². The first-order valence-corrected chi connectivity index (χ1v) is 6.98. The van der Waals surface area contributed by atoms with E-state index in [1.54, 1.807) is 23.5 Å². The summed E-state index contributed by atoms with van der Waals surface area (Å²) < 4.78 is 12.8. The molecule has 2 aromatic rings. The third kappa shape index (κ3) is 4.58. The Kier molecular flexibility index (Phi) is 4.82. The van der Waals surface area contributed by atoms with Crippen LogP contribution in [0.4, 0.5) is 4.39 Å². The van der Waals surface area contributed by atoms with Gasteiger partial charge in [0.25, 0.3) is 0 Å². The molecule has 0 spiro atoms. The van der Waals surface area contributed by atoms with E-state index in [4.69, 9.17) is 0 Å². The smallest absolute Gasteiger partial charge is 0.151 e. The van der Waals surface area contributed by atoms with Crippen molar-refractivity contribution in [2.24, 2.45) is 0 Å². The van der Waals surface area contributed by atoms with Crippen molar-refractivity contribution in [1.29, 1.82) is 0 Å². The molecule has 0 radical (unpaired) electrons. The number of hydrogen-bond acceptors (Lipinski definition) is 3. The van der Waals surface area contributed by atoms with Crippen molar-refractivity contribution in [3.63, 3.8) is 0 Å². The molecule has 0 fully saturated rings. The van der Waals surface area contributed by atoms with Gasteiger partial charge in [-0.25, -0.2) is 4.39 Å². The molecular weight excluding hydrogens is 261 g/mol. The van der Waals surface area contributed by atoms with E-state index in [0.717, 1.165) is 12.1 Å². The zero-order chi connectivity index (χ0) is 13.7. The second-order valence-electron chi connectivity index (χ2n) is 4.59. The molecule has 0 aliphatic rings. The average Bonchev–Trinajstić information content (AvgIpc) is 2.84. The van der Waals surface area contributed by atoms with Crippen molar-refractivity contribution in [1.82, 2.24) is 4.90 Å². The summed E-state index contributed by atoms with van der Waals surface area (Å²) in [5.74, 6) is -0.128. The number of carbonyl (C=O) groups excluding carboxylic acids is 1. The average molecular weight is 277 g/mol. The monoisotopic (exact) mass is 277 g/mol. The van der Waals surface area contributed by atoms with Gasteiger partial charge in [0.2, 0.25) is 0 Å². The van der Waals surface area contributed by atoms with Gasteiger partial charge in [-0.15, -0.1) is 11.3 Å². The van der Waals surface area contributed by atoms with E-state index >= 15 is 0 Å². The van der Waals surface area contributed by atoms with Gasteiger partial charge in [0.15, 0.2) is 5.78 Å². The van der Waals surface area contributed by atoms with Gasteiger partial charge >= 0.3 is 0 Å². The number of hydrogen-bond donors (Lipinski definition) is 0. The quantitative estimate of drug-likeness (QED) is 0.808. The standard InChI is InChI=1S/C15H16FNOS/c1-17(11-15-3-2-8-19-15)10-14(18)9-12-4-6-13(16)7-5-12/h2-8H,9-11H2,1H3. The van der Waals surface area contributed by atoms with Crippen LogP contribution in [0.5, 0.6) is 0 Å². The van der Waals surface area contributed by atoms with E-state index in [9.17, 15) is 9.18 Å². The summed E-state index contributed by atoms with van der Waals surface area (Å²) in [4.78, 5) is 15.1. The third-order valence-electron chi connectivity index (χ3n) is 2.77. The second kappa shape index (κ2) is 6.59. The molecule has 0 aliphatic heterocycles. The van der Waals surface area contributed by atoms with Gasteiger partial charge in [-0.2, -0.15) is 0 Å². The maximum atomic E-state index is 12.8. The number of likely N-dealkylation sites (N-methyl/N-ethyl adjacent to an activating group) is 1. The van der Waals surface area contributed by atoms with E-state index in [1.165, 1.54) is 17.0 Å². The number of halogens is 1. The van der Waals surface area contributed by atoms with Crippen molar-refractivity contribution in [2.75, 3.05) is 13.6 Å². The van der Waals surface area contributed by atoms with Gasteiger partial charge in [-0.3, -0.25) is 9.69 Å². The molecule has 0 saturated carbocycles. The number of carbonyl (C=O) groups is 1. The topological polar surface area (TPSA) is 20.3 Å². The maximum absolute atomic E-state index is 12.8. The molecule has 2 rings (SSSR count). The molecular formula is C15H16FNOS. The van der Waals surface area contributed by atoms with Gasteiger partial charge in [-0.1, -0.05) is 18.2 Å². The fraction of sp³-hybridized carbons (Fsp3) is 0.267. The van der Waals surface area contributed by atoms with Crippen LogP contribution in [-0.4, -0.2) is 24.3 Å². The van der Waals surface area contributed by atoms with E-state index in [0.29, 0.717) is 13.0 Å². The van der Waals surface area contributed by atoms with E-state index in [-0.39, 0.29) is 11.6 Å². The summed E-state index contributed by atoms with van der Waals surface area (Å²) in [6.45, 7) is 1.20. The van der Waals surface area contributed by atoms with Crippen molar-refractivity contribution in [2.45, 2.75) is 13.0 Å². The van der Waals surface area contributed by atoms with Gasteiger partial charge in [-0.05, 0) is 36.2 Å². The van der Waals surface area contributed by atoms with Crippen LogP contribution in [0.15, 0.2) is 41.8 Å². The molecule has 0 N–H and O–H groups in total. The van der Waals surface area contributed by atoms with Gasteiger partial charge in [0, 0.05) is 17.8 Å². The van der Waals surface area contributed by atoms with Gasteiger partial charge in [0.1, 0.15) is 5.82 Å². The molecule has 0 saturated heterocycles. The van der Waals surface area contributed by atoms with Crippen LogP contribution in [-0.2, 0) is 17.8 Å². The summed E-state index contributed by atoms with van der Waals surface area (Å²) in [5.41, 5.74) is 0.857. The molecule has 0 unspecified atom stereocenters. The zero-order valence-corrected chi connectivity index (χ0v) is 11.6. The van der Waals surface area contributed by atoms with Crippen LogP contribution in [0.2, 0.25) is 0 Å². The SMILES string of the molecule is CN(CC(=O)Cc1ccc(F)cc1)Cc1cccs1. The number of benzene rings is 1. The highest BCUT2D eigenvalue weighted by Gasteiger charge is 2.08. The first kappa shape index (κ1) is 13.9. The predicted molar refractivity (Wildman–Crippen MR) is 75.8 cm³/mol. The predicted octanol–water partition coefficient (Wildman–Crippen LogP) is 3.13. The molecule has 0 atom stereocenters. The van der Waals surface area contributed by atoms with Crippen molar-refractivity contribution in [3.8, 4) is 0 Å². The van der Waals surface area contributed by atoms with Crippen molar-refractivity contribution >= 4 is 17.1 Å². The molecule has 4 heteroatoms. The first-order chi connectivity index (χ1) is 9.13. The third-order valence-corrected chi connectivity index (χ3v) is 3.63. The highest BCUT2D eigenvalue weighted by molar-refractivity contribution is 7.09. The van der Waals surface area contributed by atoms with Crippen LogP contribution in [0.1, 0.15) is 10.4 Å². The minimum absolute atomic E-state index is 0.144. The van der Waals surface area contributed by atoms with Crippen LogP contribution in [0.3, 0.4) is 0 Å². The lowest BCUT2D eigenvalue weighted by molar-refractivity contribution is -0.119. The van der Waals surface area contributed by atoms with Gasteiger partial charge < -0.3 is 0 Å².